The van der Waals surface area contributed by atoms with E-state index in [2.05, 4.69) is 15.6 Å². The van der Waals surface area contributed by atoms with Gasteiger partial charge in [-0.2, -0.15) is 0 Å². The number of carbonyl (C=O) groups is 3. The first-order valence-electron chi connectivity index (χ1n) is 8.19. The summed E-state index contributed by atoms with van der Waals surface area (Å²) in [6, 6.07) is 5.17. The first-order chi connectivity index (χ1) is 11.9. The lowest BCUT2D eigenvalue weighted by Gasteiger charge is -2.22. The number of pyridine rings is 1. The van der Waals surface area contributed by atoms with Crippen molar-refractivity contribution in [3.05, 3.63) is 24.4 Å². The molecule has 1 heterocycles. The molecule has 25 heavy (non-hydrogen) atoms. The number of aromatic nitrogens is 1. The van der Waals surface area contributed by atoms with Crippen LogP contribution < -0.4 is 10.6 Å². The van der Waals surface area contributed by atoms with Gasteiger partial charge in [0.25, 0.3) is 0 Å². The fraction of sp³-hybridized carbons (Fsp3) is 0.529. The molecule has 0 atom stereocenters. The lowest BCUT2D eigenvalue weighted by atomic mass is 10.2. The van der Waals surface area contributed by atoms with E-state index in [0.717, 1.165) is 0 Å². The van der Waals surface area contributed by atoms with Crippen molar-refractivity contribution in [2.75, 3.05) is 32.1 Å². The van der Waals surface area contributed by atoms with Gasteiger partial charge in [-0.05, 0) is 26.0 Å². The topological polar surface area (TPSA) is 101 Å². The second-order valence-electron chi connectivity index (χ2n) is 5.79. The number of amides is 3. The maximum absolute atomic E-state index is 12.3. The van der Waals surface area contributed by atoms with Crippen LogP contribution in [-0.4, -0.2) is 60.5 Å². The molecule has 0 spiro atoms. The molecule has 0 unspecified atom stereocenters. The number of ether oxygens (including phenoxy) is 1. The van der Waals surface area contributed by atoms with E-state index >= 15 is 0 Å². The molecule has 2 N–H and O–H groups in total. The monoisotopic (exact) mass is 350 g/mol. The Bertz CT molecular complexity index is 563. The van der Waals surface area contributed by atoms with Gasteiger partial charge in [-0.15, -0.1) is 0 Å². The second kappa shape index (κ2) is 11.1. The molecule has 1 rings (SSSR count). The Labute approximate surface area is 147 Å². The molecule has 0 saturated heterocycles. The van der Waals surface area contributed by atoms with Crippen LogP contribution >= 0.6 is 0 Å². The smallest absolute Gasteiger partial charge is 0.239 e. The maximum atomic E-state index is 12.3. The van der Waals surface area contributed by atoms with E-state index in [0.29, 0.717) is 19.0 Å². The van der Waals surface area contributed by atoms with Crippen molar-refractivity contribution < 1.29 is 19.1 Å². The third-order valence-electron chi connectivity index (χ3n) is 3.20. The van der Waals surface area contributed by atoms with Gasteiger partial charge in [0.15, 0.2) is 0 Å². The molecule has 0 radical (unpaired) electrons. The van der Waals surface area contributed by atoms with Crippen LogP contribution in [0.15, 0.2) is 24.4 Å². The van der Waals surface area contributed by atoms with E-state index < -0.39 is 0 Å². The quantitative estimate of drug-likeness (QED) is 0.650. The molecule has 0 aliphatic carbocycles. The van der Waals surface area contributed by atoms with Crippen LogP contribution in [0.1, 0.15) is 26.7 Å². The van der Waals surface area contributed by atoms with Gasteiger partial charge in [-0.3, -0.25) is 14.4 Å². The Morgan fingerprint density at radius 2 is 1.96 bits per heavy atom. The normalized spacial score (nSPS) is 10.4. The Hall–Kier alpha value is -2.48. The molecule has 0 aromatic carbocycles. The van der Waals surface area contributed by atoms with Gasteiger partial charge in [-0.1, -0.05) is 6.07 Å². The van der Waals surface area contributed by atoms with E-state index in [9.17, 15) is 14.4 Å². The summed E-state index contributed by atoms with van der Waals surface area (Å²) in [7, 11) is 1.52. The second-order valence-corrected chi connectivity index (χ2v) is 5.79. The van der Waals surface area contributed by atoms with Crippen LogP contribution in [0.4, 0.5) is 5.82 Å². The van der Waals surface area contributed by atoms with Gasteiger partial charge >= 0.3 is 0 Å². The van der Waals surface area contributed by atoms with Gasteiger partial charge in [0, 0.05) is 38.7 Å². The molecule has 0 aliphatic rings. The minimum atomic E-state index is -0.301. The van der Waals surface area contributed by atoms with E-state index in [1.807, 2.05) is 13.8 Å². The fourth-order valence-corrected chi connectivity index (χ4v) is 2.06. The Balaban J connectivity index is 2.50. The van der Waals surface area contributed by atoms with Gasteiger partial charge in [0.2, 0.25) is 17.7 Å². The highest BCUT2D eigenvalue weighted by Gasteiger charge is 2.18. The number of hydrogen-bond donors (Lipinski definition) is 2. The molecule has 0 bridgehead atoms. The number of carbonyl (C=O) groups excluding carboxylic acids is 3. The molecule has 0 fully saturated rings. The zero-order chi connectivity index (χ0) is 18.7. The van der Waals surface area contributed by atoms with E-state index in [1.165, 1.54) is 12.0 Å². The summed E-state index contributed by atoms with van der Waals surface area (Å²) >= 11 is 0. The van der Waals surface area contributed by atoms with Crippen LogP contribution in [0.2, 0.25) is 0 Å². The summed E-state index contributed by atoms with van der Waals surface area (Å²) in [6.45, 7) is 4.26. The Morgan fingerprint density at radius 1 is 1.20 bits per heavy atom. The number of methoxy groups -OCH3 is 1. The number of nitrogens with zero attached hydrogens (tertiary/aromatic N) is 2. The minimum Gasteiger partial charge on any atom is -0.383 e. The Kier molecular flexibility index (Phi) is 9.16. The van der Waals surface area contributed by atoms with E-state index in [1.54, 1.807) is 24.4 Å². The molecule has 1 aromatic heterocycles. The van der Waals surface area contributed by atoms with Gasteiger partial charge in [-0.25, -0.2) is 4.98 Å². The summed E-state index contributed by atoms with van der Waals surface area (Å²) in [5.41, 5.74) is 0. The zero-order valence-electron chi connectivity index (χ0n) is 14.9. The highest BCUT2D eigenvalue weighted by Crippen LogP contribution is 2.04. The molecule has 8 heteroatoms. The van der Waals surface area contributed by atoms with Crippen LogP contribution in [0, 0.1) is 0 Å². The molecule has 3 amide bonds. The van der Waals surface area contributed by atoms with Crippen molar-refractivity contribution in [2.24, 2.45) is 0 Å². The predicted octanol–water partition coefficient (Wildman–Crippen LogP) is 0.800. The summed E-state index contributed by atoms with van der Waals surface area (Å²) in [4.78, 5) is 41.5. The van der Waals surface area contributed by atoms with Gasteiger partial charge in [0.1, 0.15) is 5.82 Å². The average Bonchev–Trinajstić information content (AvgIpc) is 2.56. The van der Waals surface area contributed by atoms with Crippen molar-refractivity contribution in [2.45, 2.75) is 32.7 Å². The van der Waals surface area contributed by atoms with Crippen molar-refractivity contribution in [1.82, 2.24) is 15.2 Å². The van der Waals surface area contributed by atoms with Crippen LogP contribution in [0.3, 0.4) is 0 Å². The van der Waals surface area contributed by atoms with Crippen LogP contribution in [0.5, 0.6) is 0 Å². The largest absolute Gasteiger partial charge is 0.383 e. The summed E-state index contributed by atoms with van der Waals surface area (Å²) < 4.78 is 4.98. The minimum absolute atomic E-state index is 0.00368. The number of anilines is 1. The zero-order valence-corrected chi connectivity index (χ0v) is 14.9. The summed E-state index contributed by atoms with van der Waals surface area (Å²) in [6.07, 6.45) is 1.60. The van der Waals surface area contributed by atoms with Crippen LogP contribution in [0.25, 0.3) is 0 Å². The SMILES string of the molecule is COCCN(CC(=O)NC(C)C)C(=O)CCC(=O)Nc1ccccn1. The summed E-state index contributed by atoms with van der Waals surface area (Å²) in [5, 5.41) is 5.36. The molecule has 0 saturated carbocycles. The number of rotatable bonds is 10. The van der Waals surface area contributed by atoms with E-state index in [4.69, 9.17) is 4.74 Å². The standard InChI is InChI=1S/C17H26N4O4/c1-13(2)19-16(23)12-21(10-11-25-3)17(24)8-7-15(22)20-14-6-4-5-9-18-14/h4-6,9,13H,7-8,10-12H2,1-3H3,(H,19,23)(H,18,20,22). The Morgan fingerprint density at radius 3 is 2.56 bits per heavy atom. The number of nitrogens with one attached hydrogen (secondary N) is 2. The molecule has 1 aromatic rings. The molecule has 138 valence electrons. The van der Waals surface area contributed by atoms with Crippen molar-refractivity contribution in [1.29, 1.82) is 0 Å². The predicted molar refractivity (Wildman–Crippen MR) is 93.8 cm³/mol. The van der Waals surface area contributed by atoms with Crippen LogP contribution in [-0.2, 0) is 19.1 Å². The van der Waals surface area contributed by atoms with Crippen molar-refractivity contribution in [3.8, 4) is 0 Å². The highest BCUT2D eigenvalue weighted by atomic mass is 16.5. The first-order valence-corrected chi connectivity index (χ1v) is 8.19. The molecular weight excluding hydrogens is 324 g/mol. The maximum Gasteiger partial charge on any atom is 0.239 e. The van der Waals surface area contributed by atoms with Crippen molar-refractivity contribution >= 4 is 23.5 Å². The summed E-state index contributed by atoms with van der Waals surface area (Å²) in [5.74, 6) is -0.373. The third-order valence-corrected chi connectivity index (χ3v) is 3.20. The van der Waals surface area contributed by atoms with E-state index in [-0.39, 0.29) is 43.1 Å². The average molecular weight is 350 g/mol. The van der Waals surface area contributed by atoms with Crippen molar-refractivity contribution in [3.63, 3.8) is 0 Å². The lowest BCUT2D eigenvalue weighted by molar-refractivity contribution is -0.137. The molecular formula is C17H26N4O4. The number of hydrogen-bond acceptors (Lipinski definition) is 5. The lowest BCUT2D eigenvalue weighted by Crippen LogP contribution is -2.44. The fourth-order valence-electron chi connectivity index (χ4n) is 2.06. The molecule has 0 aliphatic heterocycles. The molecule has 8 nitrogen and oxygen atoms in total. The van der Waals surface area contributed by atoms with Gasteiger partial charge in [0.05, 0.1) is 13.2 Å². The highest BCUT2D eigenvalue weighted by molar-refractivity contribution is 5.93. The third kappa shape index (κ3) is 8.80. The van der Waals surface area contributed by atoms with Gasteiger partial charge < -0.3 is 20.3 Å². The first kappa shape index (κ1) is 20.6.